The summed E-state index contributed by atoms with van der Waals surface area (Å²) in [7, 11) is 0. The molecule has 2 heterocycles. The third-order valence-electron chi connectivity index (χ3n) is 3.71. The van der Waals surface area contributed by atoms with E-state index in [9.17, 15) is 9.90 Å². The first-order chi connectivity index (χ1) is 9.15. The first-order valence-electron chi connectivity index (χ1n) is 6.62. The number of hydrogen-bond donors (Lipinski definition) is 1. The van der Waals surface area contributed by atoms with Gasteiger partial charge in [0.15, 0.2) is 0 Å². The molecular weight excluding hydrogens is 242 g/mol. The zero-order valence-electron chi connectivity index (χ0n) is 10.9. The molecule has 0 radical (unpaired) electrons. The highest BCUT2D eigenvalue weighted by Crippen LogP contribution is 2.32. The Bertz CT molecular complexity index is 550. The summed E-state index contributed by atoms with van der Waals surface area (Å²) in [6.45, 7) is 3.35. The van der Waals surface area contributed by atoms with Gasteiger partial charge in [-0.15, -0.1) is 0 Å². The second-order valence-corrected chi connectivity index (χ2v) is 5.24. The molecule has 100 valence electrons. The van der Waals surface area contributed by atoms with Crippen molar-refractivity contribution in [1.82, 2.24) is 4.90 Å². The van der Waals surface area contributed by atoms with E-state index in [1.54, 1.807) is 0 Å². The Balaban J connectivity index is 1.97. The molecule has 0 saturated heterocycles. The van der Waals surface area contributed by atoms with E-state index in [1.807, 2.05) is 18.2 Å². The average Bonchev–Trinajstić information content (AvgIpc) is 2.85. The molecule has 19 heavy (non-hydrogen) atoms. The van der Waals surface area contributed by atoms with Crippen LogP contribution >= 0.6 is 0 Å². The van der Waals surface area contributed by atoms with Crippen LogP contribution in [0.25, 0.3) is 5.70 Å². The van der Waals surface area contributed by atoms with Gasteiger partial charge in [0.2, 0.25) is 0 Å². The van der Waals surface area contributed by atoms with Crippen LogP contribution in [0.1, 0.15) is 24.5 Å². The standard InChI is InChI=1S/C15H17NO3/c1-10-2-4-13(16(9-10)15(17)18)11-3-5-14-12(8-11)6-7-19-14/h3-5,8,10H,2,6-7,9H2,1H3,(H,17,18)/t10-/m0/s1. The highest BCUT2D eigenvalue weighted by Gasteiger charge is 2.25. The molecule has 0 saturated carbocycles. The molecule has 0 aromatic heterocycles. The van der Waals surface area contributed by atoms with Gasteiger partial charge in [0.05, 0.1) is 12.3 Å². The number of rotatable bonds is 1. The number of hydrogen-bond acceptors (Lipinski definition) is 2. The summed E-state index contributed by atoms with van der Waals surface area (Å²) in [6.07, 6.45) is 2.97. The predicted octanol–water partition coefficient (Wildman–Crippen LogP) is 2.98. The van der Waals surface area contributed by atoms with Gasteiger partial charge in [-0.3, -0.25) is 4.90 Å². The molecule has 1 atom stereocenters. The summed E-state index contributed by atoms with van der Waals surface area (Å²) < 4.78 is 5.48. The van der Waals surface area contributed by atoms with Crippen molar-refractivity contribution < 1.29 is 14.6 Å². The Morgan fingerprint density at radius 3 is 3.11 bits per heavy atom. The maximum Gasteiger partial charge on any atom is 0.411 e. The van der Waals surface area contributed by atoms with E-state index >= 15 is 0 Å². The molecule has 1 amide bonds. The lowest BCUT2D eigenvalue weighted by Gasteiger charge is -2.30. The van der Waals surface area contributed by atoms with Crippen LogP contribution in [0.5, 0.6) is 5.75 Å². The van der Waals surface area contributed by atoms with E-state index in [0.717, 1.165) is 36.5 Å². The number of allylic oxidation sites excluding steroid dienone is 1. The van der Waals surface area contributed by atoms with E-state index in [0.29, 0.717) is 12.5 Å². The molecule has 2 aliphatic heterocycles. The number of amides is 1. The Hall–Kier alpha value is -1.97. The first-order valence-corrected chi connectivity index (χ1v) is 6.62. The van der Waals surface area contributed by atoms with Crippen molar-refractivity contribution in [2.24, 2.45) is 5.92 Å². The summed E-state index contributed by atoms with van der Waals surface area (Å²) in [5, 5.41) is 9.34. The van der Waals surface area contributed by atoms with Crippen molar-refractivity contribution in [2.75, 3.05) is 13.2 Å². The number of ether oxygens (including phenoxy) is 1. The molecule has 4 heteroatoms. The van der Waals surface area contributed by atoms with E-state index in [-0.39, 0.29) is 0 Å². The number of nitrogens with zero attached hydrogens (tertiary/aromatic N) is 1. The van der Waals surface area contributed by atoms with Crippen LogP contribution in [-0.4, -0.2) is 29.3 Å². The monoisotopic (exact) mass is 259 g/mol. The minimum atomic E-state index is -0.880. The number of fused-ring (bicyclic) bond motifs is 1. The lowest BCUT2D eigenvalue weighted by atomic mass is 9.97. The molecular formula is C15H17NO3. The first kappa shape index (κ1) is 12.1. The van der Waals surface area contributed by atoms with Gasteiger partial charge in [-0.05, 0) is 41.7 Å². The fourth-order valence-electron chi connectivity index (χ4n) is 2.71. The number of benzene rings is 1. The predicted molar refractivity (Wildman–Crippen MR) is 72.1 cm³/mol. The van der Waals surface area contributed by atoms with Crippen LogP contribution in [0.3, 0.4) is 0 Å². The molecule has 4 nitrogen and oxygen atoms in total. The average molecular weight is 259 g/mol. The summed E-state index contributed by atoms with van der Waals surface area (Å²) in [5.41, 5.74) is 2.95. The van der Waals surface area contributed by atoms with Crippen molar-refractivity contribution in [1.29, 1.82) is 0 Å². The molecule has 1 aromatic carbocycles. The molecule has 1 N–H and O–H groups in total. The van der Waals surface area contributed by atoms with E-state index in [4.69, 9.17) is 4.74 Å². The van der Waals surface area contributed by atoms with E-state index in [2.05, 4.69) is 13.0 Å². The normalized spacial score (nSPS) is 21.6. The zero-order chi connectivity index (χ0) is 13.4. The second kappa shape index (κ2) is 4.61. The van der Waals surface area contributed by atoms with Crippen molar-refractivity contribution >= 4 is 11.8 Å². The van der Waals surface area contributed by atoms with Gasteiger partial charge < -0.3 is 9.84 Å². The van der Waals surface area contributed by atoms with Gasteiger partial charge in [-0.1, -0.05) is 13.0 Å². The maximum absolute atomic E-state index is 11.4. The molecule has 0 fully saturated rings. The molecule has 0 spiro atoms. The summed E-state index contributed by atoms with van der Waals surface area (Å²) in [5.74, 6) is 1.30. The Morgan fingerprint density at radius 2 is 2.32 bits per heavy atom. The molecule has 0 aliphatic carbocycles. The highest BCUT2D eigenvalue weighted by molar-refractivity contribution is 5.81. The third-order valence-corrected chi connectivity index (χ3v) is 3.71. The van der Waals surface area contributed by atoms with Crippen LogP contribution in [0.2, 0.25) is 0 Å². The Labute approximate surface area is 112 Å². The molecule has 2 aliphatic rings. The van der Waals surface area contributed by atoms with Gasteiger partial charge in [-0.2, -0.15) is 0 Å². The topological polar surface area (TPSA) is 49.8 Å². The van der Waals surface area contributed by atoms with Crippen molar-refractivity contribution in [3.8, 4) is 5.75 Å². The Morgan fingerprint density at radius 1 is 1.47 bits per heavy atom. The molecule has 0 unspecified atom stereocenters. The van der Waals surface area contributed by atoms with Crippen molar-refractivity contribution in [3.63, 3.8) is 0 Å². The quantitative estimate of drug-likeness (QED) is 0.843. The summed E-state index contributed by atoms with van der Waals surface area (Å²) in [6, 6.07) is 5.94. The van der Waals surface area contributed by atoms with Crippen molar-refractivity contribution in [3.05, 3.63) is 35.4 Å². The van der Waals surface area contributed by atoms with Gasteiger partial charge in [0, 0.05) is 13.0 Å². The van der Waals surface area contributed by atoms with Crippen LogP contribution in [0.4, 0.5) is 4.79 Å². The van der Waals surface area contributed by atoms with E-state index in [1.165, 1.54) is 10.5 Å². The fourth-order valence-corrected chi connectivity index (χ4v) is 2.71. The summed E-state index contributed by atoms with van der Waals surface area (Å²) >= 11 is 0. The van der Waals surface area contributed by atoms with Crippen LogP contribution in [0.15, 0.2) is 24.3 Å². The highest BCUT2D eigenvalue weighted by atomic mass is 16.5. The van der Waals surface area contributed by atoms with Gasteiger partial charge in [0.25, 0.3) is 0 Å². The summed E-state index contributed by atoms with van der Waals surface area (Å²) in [4.78, 5) is 12.8. The lowest BCUT2D eigenvalue weighted by molar-refractivity contribution is 0.159. The fraction of sp³-hybridized carbons (Fsp3) is 0.400. The van der Waals surface area contributed by atoms with Crippen LogP contribution in [0, 0.1) is 5.92 Å². The van der Waals surface area contributed by atoms with E-state index < -0.39 is 6.09 Å². The minimum absolute atomic E-state index is 0.373. The van der Waals surface area contributed by atoms with Crippen LogP contribution < -0.4 is 4.74 Å². The van der Waals surface area contributed by atoms with Gasteiger partial charge in [0.1, 0.15) is 5.75 Å². The Kier molecular flexibility index (Phi) is 2.93. The minimum Gasteiger partial charge on any atom is -0.493 e. The smallest absolute Gasteiger partial charge is 0.411 e. The van der Waals surface area contributed by atoms with Gasteiger partial charge in [-0.25, -0.2) is 4.79 Å². The number of carbonyl (C=O) groups is 1. The zero-order valence-corrected chi connectivity index (χ0v) is 10.9. The van der Waals surface area contributed by atoms with Crippen molar-refractivity contribution in [2.45, 2.75) is 19.8 Å². The third kappa shape index (κ3) is 2.18. The molecule has 0 bridgehead atoms. The molecule has 1 aromatic rings. The largest absolute Gasteiger partial charge is 0.493 e. The second-order valence-electron chi connectivity index (χ2n) is 5.24. The maximum atomic E-state index is 11.4. The molecule has 3 rings (SSSR count). The van der Waals surface area contributed by atoms with Crippen LogP contribution in [-0.2, 0) is 6.42 Å². The van der Waals surface area contributed by atoms with Gasteiger partial charge >= 0.3 is 6.09 Å². The SMILES string of the molecule is C[C@H]1CC=C(c2ccc3c(c2)CCO3)N(C(=O)O)C1. The number of carboxylic acid groups (broad SMARTS) is 1. The lowest BCUT2D eigenvalue weighted by Crippen LogP contribution is -2.34.